The minimum absolute atomic E-state index is 0.0933. The van der Waals surface area contributed by atoms with Crippen LogP contribution in [0.25, 0.3) is 11.1 Å². The monoisotopic (exact) mass is 464 g/mol. The summed E-state index contributed by atoms with van der Waals surface area (Å²) in [5, 5.41) is 11.9. The van der Waals surface area contributed by atoms with Crippen LogP contribution in [-0.2, 0) is 14.3 Å². The average Bonchev–Trinajstić information content (AvgIpc) is 3.11. The molecule has 1 aliphatic rings. The maximum Gasteiger partial charge on any atom is 0.407 e. The number of rotatable bonds is 9. The lowest BCUT2D eigenvalue weighted by atomic mass is 9.98. The van der Waals surface area contributed by atoms with Crippen molar-refractivity contribution in [1.29, 1.82) is 0 Å². The van der Waals surface area contributed by atoms with E-state index in [-0.39, 0.29) is 25.0 Å². The van der Waals surface area contributed by atoms with Crippen LogP contribution >= 0.6 is 0 Å². The first-order valence-electron chi connectivity index (χ1n) is 11.5. The smallest absolute Gasteiger partial charge is 0.407 e. The maximum absolute atomic E-state index is 13.1. The molecular formula is C27H32N2O5. The number of hydrogen-bond acceptors (Lipinski definition) is 4. The van der Waals surface area contributed by atoms with Crippen LogP contribution in [0, 0.1) is 0 Å². The average molecular weight is 465 g/mol. The number of carboxylic acid groups (broad SMARTS) is 1. The van der Waals surface area contributed by atoms with Crippen molar-refractivity contribution in [2.75, 3.05) is 13.2 Å². The molecule has 2 N–H and O–H groups in total. The van der Waals surface area contributed by atoms with Crippen molar-refractivity contribution < 1.29 is 24.2 Å². The number of aliphatic carboxylic acids is 1. The van der Waals surface area contributed by atoms with E-state index in [1.807, 2.05) is 56.3 Å². The third-order valence-electron chi connectivity index (χ3n) is 5.91. The Kier molecular flexibility index (Phi) is 8.10. The van der Waals surface area contributed by atoms with Crippen molar-refractivity contribution >= 4 is 18.0 Å². The summed E-state index contributed by atoms with van der Waals surface area (Å²) in [4.78, 5) is 38.4. The largest absolute Gasteiger partial charge is 0.480 e. The summed E-state index contributed by atoms with van der Waals surface area (Å²) >= 11 is 0. The highest BCUT2D eigenvalue weighted by Crippen LogP contribution is 2.44. The number of amides is 2. The lowest BCUT2D eigenvalue weighted by molar-refractivity contribution is -0.146. The molecule has 0 fully saturated rings. The Morgan fingerprint density at radius 3 is 2.09 bits per heavy atom. The Morgan fingerprint density at radius 1 is 1.03 bits per heavy atom. The molecule has 1 aliphatic carbocycles. The third kappa shape index (κ3) is 5.84. The zero-order valence-corrected chi connectivity index (χ0v) is 20.1. The molecule has 1 unspecified atom stereocenters. The van der Waals surface area contributed by atoms with Crippen LogP contribution in [0.5, 0.6) is 0 Å². The van der Waals surface area contributed by atoms with E-state index in [9.17, 15) is 19.5 Å². The van der Waals surface area contributed by atoms with Crippen molar-refractivity contribution in [3.8, 4) is 11.1 Å². The number of alkyl carbamates (subject to hydrolysis) is 1. The lowest BCUT2D eigenvalue weighted by Gasteiger charge is -2.29. The van der Waals surface area contributed by atoms with Gasteiger partial charge in [-0.05, 0) is 56.4 Å². The second-order valence-corrected chi connectivity index (χ2v) is 8.99. The summed E-state index contributed by atoms with van der Waals surface area (Å²) in [6.07, 6.45) is 1.38. The molecule has 0 aliphatic heterocycles. The van der Waals surface area contributed by atoms with Gasteiger partial charge in [0, 0.05) is 12.0 Å². The number of ether oxygens (including phenoxy) is 1. The maximum atomic E-state index is 13.1. The van der Waals surface area contributed by atoms with E-state index in [1.165, 1.54) is 4.90 Å². The molecule has 2 aromatic rings. The van der Waals surface area contributed by atoms with E-state index in [4.69, 9.17) is 4.74 Å². The van der Waals surface area contributed by atoms with E-state index in [0.29, 0.717) is 0 Å². The molecule has 0 saturated heterocycles. The first-order valence-corrected chi connectivity index (χ1v) is 11.5. The van der Waals surface area contributed by atoms with E-state index in [2.05, 4.69) is 17.4 Å². The summed E-state index contributed by atoms with van der Waals surface area (Å²) in [5.74, 6) is -1.66. The zero-order chi connectivity index (χ0) is 24.8. The topological polar surface area (TPSA) is 95.9 Å². The Hall–Kier alpha value is -3.61. The molecule has 0 spiro atoms. The van der Waals surface area contributed by atoms with Crippen molar-refractivity contribution in [1.82, 2.24) is 10.2 Å². The minimum Gasteiger partial charge on any atom is -0.480 e. The van der Waals surface area contributed by atoms with Gasteiger partial charge in [-0.3, -0.25) is 9.59 Å². The Bertz CT molecular complexity index is 1040. The number of fused-ring (bicyclic) bond motifs is 3. The highest BCUT2D eigenvalue weighted by molar-refractivity contribution is 5.88. The predicted molar refractivity (Wildman–Crippen MR) is 131 cm³/mol. The van der Waals surface area contributed by atoms with Gasteiger partial charge in [-0.2, -0.15) is 0 Å². The number of nitrogens with one attached hydrogen (secondary N) is 1. The van der Waals surface area contributed by atoms with Crippen molar-refractivity contribution in [2.45, 2.75) is 52.1 Å². The van der Waals surface area contributed by atoms with Crippen LogP contribution in [0.4, 0.5) is 4.79 Å². The van der Waals surface area contributed by atoms with Gasteiger partial charge in [0.15, 0.2) is 0 Å². The lowest BCUT2D eigenvalue weighted by Crippen LogP contribution is -2.52. The standard InChI is InChI=1S/C27H32N2O5/c1-17(2)13-14-24(26(32)29(18(3)4)15-25(30)31)28-27(33)34-16-23-21-11-7-5-9-19(21)20-10-6-8-12-22(20)23/h5-13,18,23-24H,14-16H2,1-4H3,(H,28,33)(H,30,31). The van der Waals surface area contributed by atoms with Crippen molar-refractivity contribution in [2.24, 2.45) is 0 Å². The molecule has 180 valence electrons. The first-order chi connectivity index (χ1) is 16.2. The fourth-order valence-corrected chi connectivity index (χ4v) is 4.22. The van der Waals surface area contributed by atoms with Gasteiger partial charge < -0.3 is 20.1 Å². The summed E-state index contributed by atoms with van der Waals surface area (Å²) in [5.41, 5.74) is 5.44. The SMILES string of the molecule is CC(C)=CCC(NC(=O)OCC1c2ccccc2-c2ccccc21)C(=O)N(CC(=O)O)C(C)C. The fourth-order valence-electron chi connectivity index (χ4n) is 4.22. The van der Waals surface area contributed by atoms with E-state index >= 15 is 0 Å². The number of carbonyl (C=O) groups is 3. The number of allylic oxidation sites excluding steroid dienone is 1. The zero-order valence-electron chi connectivity index (χ0n) is 20.1. The van der Waals surface area contributed by atoms with Gasteiger partial charge >= 0.3 is 12.1 Å². The molecule has 2 amide bonds. The molecule has 0 radical (unpaired) electrons. The Labute approximate surface area is 200 Å². The molecule has 7 nitrogen and oxygen atoms in total. The summed E-state index contributed by atoms with van der Waals surface area (Å²) in [6, 6.07) is 14.9. The first kappa shape index (κ1) is 25.0. The molecule has 3 rings (SSSR count). The minimum atomic E-state index is -1.11. The molecule has 34 heavy (non-hydrogen) atoms. The number of carboxylic acids is 1. The van der Waals surface area contributed by atoms with Crippen LogP contribution in [0.3, 0.4) is 0 Å². The van der Waals surface area contributed by atoms with E-state index in [1.54, 1.807) is 13.8 Å². The van der Waals surface area contributed by atoms with Gasteiger partial charge in [-0.25, -0.2) is 4.79 Å². The van der Waals surface area contributed by atoms with Gasteiger partial charge in [0.1, 0.15) is 19.2 Å². The quantitative estimate of drug-likeness (QED) is 0.530. The summed E-state index contributed by atoms with van der Waals surface area (Å²) in [6.45, 7) is 6.97. The van der Waals surface area contributed by atoms with Crippen LogP contribution in [0.1, 0.15) is 51.2 Å². The van der Waals surface area contributed by atoms with Crippen LogP contribution < -0.4 is 5.32 Å². The summed E-state index contributed by atoms with van der Waals surface area (Å²) < 4.78 is 5.59. The van der Waals surface area contributed by atoms with Gasteiger partial charge in [0.2, 0.25) is 5.91 Å². The molecule has 7 heteroatoms. The number of carbonyl (C=O) groups excluding carboxylic acids is 2. The normalized spacial score (nSPS) is 13.0. The Morgan fingerprint density at radius 2 is 1.59 bits per heavy atom. The predicted octanol–water partition coefficient (Wildman–Crippen LogP) is 4.57. The van der Waals surface area contributed by atoms with Gasteiger partial charge in [-0.1, -0.05) is 60.2 Å². The fraction of sp³-hybridized carbons (Fsp3) is 0.370. The second kappa shape index (κ2) is 11.0. The third-order valence-corrected chi connectivity index (χ3v) is 5.91. The highest BCUT2D eigenvalue weighted by Gasteiger charge is 2.31. The van der Waals surface area contributed by atoms with Crippen LogP contribution in [0.2, 0.25) is 0 Å². The second-order valence-electron chi connectivity index (χ2n) is 8.99. The van der Waals surface area contributed by atoms with Gasteiger partial charge in [0.25, 0.3) is 0 Å². The number of benzene rings is 2. The molecule has 0 saturated carbocycles. The summed E-state index contributed by atoms with van der Waals surface area (Å²) in [7, 11) is 0. The Balaban J connectivity index is 1.73. The molecule has 2 aromatic carbocycles. The van der Waals surface area contributed by atoms with Crippen LogP contribution in [0.15, 0.2) is 60.2 Å². The molecule has 0 bridgehead atoms. The van der Waals surface area contributed by atoms with E-state index < -0.39 is 30.6 Å². The molecule has 0 heterocycles. The number of nitrogens with zero attached hydrogens (tertiary/aromatic N) is 1. The molecular weight excluding hydrogens is 432 g/mol. The van der Waals surface area contributed by atoms with Crippen LogP contribution in [-0.4, -0.2) is 53.2 Å². The number of hydrogen-bond donors (Lipinski definition) is 2. The van der Waals surface area contributed by atoms with E-state index in [0.717, 1.165) is 27.8 Å². The molecule has 1 atom stereocenters. The van der Waals surface area contributed by atoms with Crippen molar-refractivity contribution in [3.63, 3.8) is 0 Å². The van der Waals surface area contributed by atoms with Gasteiger partial charge in [-0.15, -0.1) is 0 Å². The van der Waals surface area contributed by atoms with Crippen molar-refractivity contribution in [3.05, 3.63) is 71.3 Å². The highest BCUT2D eigenvalue weighted by atomic mass is 16.5. The van der Waals surface area contributed by atoms with Gasteiger partial charge in [0.05, 0.1) is 0 Å². The molecule has 0 aromatic heterocycles.